The summed E-state index contributed by atoms with van der Waals surface area (Å²) in [6.45, 7) is 6.39. The zero-order valence-electron chi connectivity index (χ0n) is 21.0. The number of thiophene rings is 1. The molecular weight excluding hydrogens is 492 g/mol. The Kier molecular flexibility index (Phi) is 5.51. The van der Waals surface area contributed by atoms with Crippen molar-refractivity contribution in [2.75, 3.05) is 5.32 Å². The number of anilines is 1. The molecule has 8 nitrogen and oxygen atoms in total. The van der Waals surface area contributed by atoms with Crippen LogP contribution in [0.1, 0.15) is 30.6 Å². The summed E-state index contributed by atoms with van der Waals surface area (Å²) in [4.78, 5) is 24.4. The number of nitrogens with zero attached hydrogens (tertiary/aromatic N) is 5. The van der Waals surface area contributed by atoms with Gasteiger partial charge in [0, 0.05) is 44.4 Å². The second kappa shape index (κ2) is 9.18. The van der Waals surface area contributed by atoms with Crippen molar-refractivity contribution >= 4 is 39.1 Å². The van der Waals surface area contributed by atoms with E-state index in [0.717, 1.165) is 50.3 Å². The van der Waals surface area contributed by atoms with Crippen molar-refractivity contribution in [1.29, 1.82) is 0 Å². The third-order valence-corrected chi connectivity index (χ3v) is 8.29. The summed E-state index contributed by atoms with van der Waals surface area (Å²) in [6, 6.07) is 10.4. The van der Waals surface area contributed by atoms with E-state index in [4.69, 9.17) is 4.98 Å². The molecule has 1 fully saturated rings. The smallest absolute Gasteiger partial charge is 0.178 e. The van der Waals surface area contributed by atoms with E-state index in [-0.39, 0.29) is 0 Å². The van der Waals surface area contributed by atoms with Crippen LogP contribution in [0.5, 0.6) is 0 Å². The highest BCUT2D eigenvalue weighted by Gasteiger charge is 2.19. The Balaban J connectivity index is 1.24. The van der Waals surface area contributed by atoms with Crippen LogP contribution >= 0.6 is 11.3 Å². The second-order valence-corrected chi connectivity index (χ2v) is 11.1. The number of pyridine rings is 3. The quantitative estimate of drug-likeness (QED) is 0.217. The summed E-state index contributed by atoms with van der Waals surface area (Å²) in [5, 5.41) is 12.1. The van der Waals surface area contributed by atoms with E-state index >= 15 is 0 Å². The minimum Gasteiger partial charge on any atom is -0.358 e. The predicted octanol–water partition coefficient (Wildman–Crippen LogP) is 7.11. The van der Waals surface area contributed by atoms with Crippen LogP contribution in [0.4, 0.5) is 5.69 Å². The Labute approximate surface area is 223 Å². The van der Waals surface area contributed by atoms with Crippen molar-refractivity contribution in [2.45, 2.75) is 32.6 Å². The maximum atomic E-state index is 4.79. The van der Waals surface area contributed by atoms with Crippen LogP contribution in [-0.4, -0.2) is 35.1 Å². The monoisotopic (exact) mass is 518 g/mol. The van der Waals surface area contributed by atoms with Crippen LogP contribution in [0.15, 0.2) is 67.4 Å². The Morgan fingerprint density at radius 2 is 1.97 bits per heavy atom. The zero-order valence-corrected chi connectivity index (χ0v) is 21.8. The highest BCUT2D eigenvalue weighted by Crippen LogP contribution is 2.35. The third kappa shape index (κ3) is 4.05. The molecule has 1 aliphatic carbocycles. The van der Waals surface area contributed by atoms with Crippen molar-refractivity contribution in [1.82, 2.24) is 35.1 Å². The molecule has 0 atom stereocenters. The normalized spacial score (nSPS) is 14.0. The van der Waals surface area contributed by atoms with Crippen LogP contribution in [0.2, 0.25) is 0 Å². The van der Waals surface area contributed by atoms with Crippen LogP contribution in [-0.2, 0) is 0 Å². The van der Waals surface area contributed by atoms with Gasteiger partial charge < -0.3 is 10.3 Å². The van der Waals surface area contributed by atoms with Gasteiger partial charge in [0.1, 0.15) is 5.69 Å². The van der Waals surface area contributed by atoms with E-state index in [9.17, 15) is 0 Å². The number of aromatic amines is 2. The molecule has 3 N–H and O–H groups in total. The van der Waals surface area contributed by atoms with Gasteiger partial charge in [-0.3, -0.25) is 15.1 Å². The first kappa shape index (κ1) is 22.8. The summed E-state index contributed by atoms with van der Waals surface area (Å²) >= 11 is 1.75. The minimum atomic E-state index is 0.532. The summed E-state index contributed by atoms with van der Waals surface area (Å²) in [7, 11) is 0. The SMILES string of the molecule is C=C(Nc1cncc(-c2cc3c(-c4nc5nccc(-c6ccc(C)s6)c5[nH]4)n[nH]c3cn2)c1)C1CCCC1. The molecule has 0 aromatic carbocycles. The Hall–Kier alpha value is -4.37. The summed E-state index contributed by atoms with van der Waals surface area (Å²) < 4.78 is 0. The topological polar surface area (TPSA) is 108 Å². The molecular formula is C29H26N8S. The lowest BCUT2D eigenvalue weighted by atomic mass is 10.0. The van der Waals surface area contributed by atoms with Crippen LogP contribution in [0.25, 0.3) is 55.3 Å². The van der Waals surface area contributed by atoms with Gasteiger partial charge in [0.25, 0.3) is 0 Å². The van der Waals surface area contributed by atoms with Gasteiger partial charge in [-0.2, -0.15) is 5.10 Å². The number of aromatic nitrogens is 7. The van der Waals surface area contributed by atoms with Gasteiger partial charge in [-0.1, -0.05) is 19.4 Å². The van der Waals surface area contributed by atoms with E-state index in [2.05, 4.69) is 67.2 Å². The molecule has 6 aromatic heterocycles. The van der Waals surface area contributed by atoms with Gasteiger partial charge in [-0.25, -0.2) is 9.97 Å². The molecule has 7 rings (SSSR count). The summed E-state index contributed by atoms with van der Waals surface area (Å²) in [5.41, 5.74) is 7.95. The number of imidazole rings is 1. The van der Waals surface area contributed by atoms with E-state index < -0.39 is 0 Å². The number of nitrogens with one attached hydrogen (secondary N) is 3. The van der Waals surface area contributed by atoms with Crippen LogP contribution < -0.4 is 5.32 Å². The molecule has 9 heteroatoms. The van der Waals surface area contributed by atoms with Gasteiger partial charge in [0.05, 0.1) is 34.8 Å². The number of fused-ring (bicyclic) bond motifs is 2. The van der Waals surface area contributed by atoms with Gasteiger partial charge in [-0.05, 0) is 56.0 Å². The zero-order chi connectivity index (χ0) is 25.6. The van der Waals surface area contributed by atoms with Crippen molar-refractivity contribution in [3.05, 3.63) is 72.3 Å². The number of H-pyrrole nitrogens is 2. The lowest BCUT2D eigenvalue weighted by molar-refractivity contribution is 0.649. The molecule has 0 aliphatic heterocycles. The fourth-order valence-electron chi connectivity index (χ4n) is 5.27. The molecule has 0 saturated heterocycles. The Bertz CT molecular complexity index is 1800. The molecule has 1 aliphatic rings. The summed E-state index contributed by atoms with van der Waals surface area (Å²) in [5.74, 6) is 1.20. The van der Waals surface area contributed by atoms with E-state index in [1.165, 1.54) is 35.4 Å². The van der Waals surface area contributed by atoms with E-state index in [1.807, 2.05) is 24.5 Å². The molecule has 188 valence electrons. The van der Waals surface area contributed by atoms with Crippen molar-refractivity contribution in [2.24, 2.45) is 5.92 Å². The van der Waals surface area contributed by atoms with Gasteiger partial charge in [0.15, 0.2) is 11.5 Å². The Morgan fingerprint density at radius 3 is 2.82 bits per heavy atom. The maximum absolute atomic E-state index is 4.79. The number of aryl methyl sites for hydroxylation is 1. The molecule has 0 amide bonds. The van der Waals surface area contributed by atoms with Gasteiger partial charge >= 0.3 is 0 Å². The third-order valence-electron chi connectivity index (χ3n) is 7.26. The number of hydrogen-bond acceptors (Lipinski definition) is 7. The highest BCUT2D eigenvalue weighted by atomic mass is 32.1. The average molecular weight is 519 g/mol. The van der Waals surface area contributed by atoms with Crippen LogP contribution in [0, 0.1) is 12.8 Å². The lowest BCUT2D eigenvalue weighted by Gasteiger charge is -2.15. The fourth-order valence-corrected chi connectivity index (χ4v) is 6.17. The number of rotatable bonds is 6. The largest absolute Gasteiger partial charge is 0.358 e. The maximum Gasteiger partial charge on any atom is 0.178 e. The first-order valence-electron chi connectivity index (χ1n) is 12.8. The molecule has 6 aromatic rings. The second-order valence-electron chi connectivity index (χ2n) is 9.83. The average Bonchev–Trinajstić information content (AvgIpc) is 3.74. The van der Waals surface area contributed by atoms with Gasteiger partial charge in [0.2, 0.25) is 0 Å². The molecule has 0 bridgehead atoms. The van der Waals surface area contributed by atoms with E-state index in [0.29, 0.717) is 17.4 Å². The first-order valence-corrected chi connectivity index (χ1v) is 13.6. The number of hydrogen-bond donors (Lipinski definition) is 3. The Morgan fingerprint density at radius 1 is 1.08 bits per heavy atom. The lowest BCUT2D eigenvalue weighted by Crippen LogP contribution is -2.07. The van der Waals surface area contributed by atoms with Crippen molar-refractivity contribution in [3.63, 3.8) is 0 Å². The molecule has 38 heavy (non-hydrogen) atoms. The number of allylic oxidation sites excluding steroid dienone is 1. The van der Waals surface area contributed by atoms with E-state index in [1.54, 1.807) is 23.7 Å². The van der Waals surface area contributed by atoms with Gasteiger partial charge in [-0.15, -0.1) is 11.3 Å². The molecule has 0 radical (unpaired) electrons. The molecule has 1 saturated carbocycles. The summed E-state index contributed by atoms with van der Waals surface area (Å²) in [6.07, 6.45) is 12.2. The molecule has 6 heterocycles. The first-order chi connectivity index (χ1) is 18.6. The fraction of sp³-hybridized carbons (Fsp3) is 0.207. The highest BCUT2D eigenvalue weighted by molar-refractivity contribution is 7.15. The standard InChI is InChI=1S/C29H26N8S/c1-16-7-8-25(38-16)21-9-10-31-28-26(21)34-29(35-28)27-22-12-23(32-15-24(22)36-37-27)19-11-20(14-30-13-19)33-17(2)18-5-3-4-6-18/h7-15,18,33H,2-6H2,1H3,(H,36,37)(H,31,34,35). The molecule has 0 unspecified atom stereocenters. The molecule has 0 spiro atoms. The minimum absolute atomic E-state index is 0.532. The van der Waals surface area contributed by atoms with Crippen molar-refractivity contribution < 1.29 is 0 Å². The van der Waals surface area contributed by atoms with Crippen molar-refractivity contribution in [3.8, 4) is 33.2 Å². The van der Waals surface area contributed by atoms with Crippen LogP contribution in [0.3, 0.4) is 0 Å². The predicted molar refractivity (Wildman–Crippen MR) is 153 cm³/mol.